The maximum absolute atomic E-state index is 11.8. The minimum atomic E-state index is -1.11. The van der Waals surface area contributed by atoms with Gasteiger partial charge in [-0.1, -0.05) is 6.58 Å². The summed E-state index contributed by atoms with van der Waals surface area (Å²) in [5, 5.41) is 16.3. The summed E-state index contributed by atoms with van der Waals surface area (Å²) < 4.78 is 5.39. The molecule has 1 amide bonds. The fraction of sp³-hybridized carbons (Fsp3) is 0.333. The SMILES string of the molecule is C=C/C(=C\C=NC)NC(O)Nc1sc2c(c1C(N)=O)CCOC2. The second-order valence-corrected chi connectivity index (χ2v) is 5.90. The van der Waals surface area contributed by atoms with Gasteiger partial charge >= 0.3 is 0 Å². The highest BCUT2D eigenvalue weighted by molar-refractivity contribution is 7.16. The first-order valence-electron chi connectivity index (χ1n) is 7.05. The fourth-order valence-electron chi connectivity index (χ4n) is 2.24. The van der Waals surface area contributed by atoms with Crippen LogP contribution in [0.5, 0.6) is 0 Å². The van der Waals surface area contributed by atoms with Crippen LogP contribution in [0.15, 0.2) is 29.4 Å². The number of aliphatic imine (C=N–C) groups is 1. The van der Waals surface area contributed by atoms with E-state index in [-0.39, 0.29) is 0 Å². The highest BCUT2D eigenvalue weighted by atomic mass is 32.1. The molecule has 1 aromatic heterocycles. The maximum atomic E-state index is 11.8. The van der Waals surface area contributed by atoms with Crippen molar-refractivity contribution >= 4 is 28.5 Å². The number of aliphatic hydroxyl groups is 1. The Hall–Kier alpha value is -2.16. The van der Waals surface area contributed by atoms with Crippen LogP contribution < -0.4 is 16.4 Å². The molecule has 8 heteroatoms. The molecule has 0 fully saturated rings. The van der Waals surface area contributed by atoms with Gasteiger partial charge in [-0.3, -0.25) is 9.79 Å². The lowest BCUT2D eigenvalue weighted by Crippen LogP contribution is -2.35. The molecule has 23 heavy (non-hydrogen) atoms. The van der Waals surface area contributed by atoms with Crippen LogP contribution in [0.1, 0.15) is 20.8 Å². The third kappa shape index (κ3) is 4.19. The third-order valence-electron chi connectivity index (χ3n) is 3.26. The van der Waals surface area contributed by atoms with Gasteiger partial charge < -0.3 is 26.2 Å². The first kappa shape index (κ1) is 17.2. The van der Waals surface area contributed by atoms with Crippen molar-refractivity contribution in [3.63, 3.8) is 0 Å². The number of carbonyl (C=O) groups is 1. The summed E-state index contributed by atoms with van der Waals surface area (Å²) in [6.07, 6.45) is 4.32. The minimum absolute atomic E-state index is 0.424. The van der Waals surface area contributed by atoms with Gasteiger partial charge in [0, 0.05) is 23.8 Å². The van der Waals surface area contributed by atoms with Crippen molar-refractivity contribution in [1.82, 2.24) is 5.32 Å². The van der Waals surface area contributed by atoms with Gasteiger partial charge in [0.1, 0.15) is 5.00 Å². The Balaban J connectivity index is 2.17. The number of primary amides is 1. The molecule has 124 valence electrons. The van der Waals surface area contributed by atoms with Crippen LogP contribution in [0.3, 0.4) is 0 Å². The number of nitrogens with zero attached hydrogens (tertiary/aromatic N) is 1. The maximum Gasteiger partial charge on any atom is 0.251 e. The van der Waals surface area contributed by atoms with Gasteiger partial charge in [0.05, 0.1) is 18.8 Å². The molecule has 1 aliphatic heterocycles. The molecule has 7 nitrogen and oxygen atoms in total. The zero-order valence-electron chi connectivity index (χ0n) is 12.8. The molecule has 1 aliphatic rings. The van der Waals surface area contributed by atoms with Gasteiger partial charge in [0.15, 0.2) is 0 Å². The first-order chi connectivity index (χ1) is 11.1. The summed E-state index contributed by atoms with van der Waals surface area (Å²) >= 11 is 1.36. The van der Waals surface area contributed by atoms with Crippen molar-refractivity contribution in [2.75, 3.05) is 19.0 Å². The normalized spacial score (nSPS) is 16.0. The number of hydrogen-bond donors (Lipinski definition) is 4. The molecule has 1 aromatic rings. The van der Waals surface area contributed by atoms with Crippen LogP contribution in [0.2, 0.25) is 0 Å². The van der Waals surface area contributed by atoms with Crippen molar-refractivity contribution < 1.29 is 14.6 Å². The van der Waals surface area contributed by atoms with E-state index in [1.54, 1.807) is 25.4 Å². The number of ether oxygens (including phenoxy) is 1. The lowest BCUT2D eigenvalue weighted by Gasteiger charge is -2.17. The van der Waals surface area contributed by atoms with Crippen LogP contribution in [-0.2, 0) is 17.8 Å². The average Bonchev–Trinajstić information content (AvgIpc) is 2.89. The zero-order chi connectivity index (χ0) is 16.8. The number of nitrogens with one attached hydrogen (secondary N) is 2. The Morgan fingerprint density at radius 3 is 3.04 bits per heavy atom. The first-order valence-corrected chi connectivity index (χ1v) is 7.86. The van der Waals surface area contributed by atoms with E-state index in [4.69, 9.17) is 10.5 Å². The molecular formula is C15H20N4O3S. The number of rotatable bonds is 7. The Morgan fingerprint density at radius 1 is 1.61 bits per heavy atom. The van der Waals surface area contributed by atoms with E-state index in [1.807, 2.05) is 0 Å². The number of carbonyl (C=O) groups excluding carboxylic acids is 1. The lowest BCUT2D eigenvalue weighted by molar-refractivity contribution is 0.0990. The highest BCUT2D eigenvalue weighted by Crippen LogP contribution is 2.36. The highest BCUT2D eigenvalue weighted by Gasteiger charge is 2.25. The average molecular weight is 336 g/mol. The van der Waals surface area contributed by atoms with Gasteiger partial charge in [0.2, 0.25) is 6.35 Å². The predicted molar refractivity (Wildman–Crippen MR) is 91.7 cm³/mol. The van der Waals surface area contributed by atoms with Gasteiger partial charge in [-0.05, 0) is 24.1 Å². The van der Waals surface area contributed by atoms with E-state index in [0.29, 0.717) is 35.9 Å². The Labute approximate surface area is 138 Å². The van der Waals surface area contributed by atoms with Crippen molar-refractivity contribution in [3.8, 4) is 0 Å². The molecule has 0 saturated carbocycles. The smallest absolute Gasteiger partial charge is 0.251 e. The number of fused-ring (bicyclic) bond motifs is 1. The van der Waals surface area contributed by atoms with Crippen LogP contribution in [0, 0.1) is 0 Å². The van der Waals surface area contributed by atoms with Crippen molar-refractivity contribution in [2.24, 2.45) is 10.7 Å². The topological polar surface area (TPSA) is 109 Å². The molecule has 0 spiro atoms. The number of anilines is 1. The molecule has 5 N–H and O–H groups in total. The molecule has 2 heterocycles. The monoisotopic (exact) mass is 336 g/mol. The van der Waals surface area contributed by atoms with Crippen LogP contribution in [-0.4, -0.2) is 37.2 Å². The Morgan fingerprint density at radius 2 is 2.39 bits per heavy atom. The molecule has 0 bridgehead atoms. The standard InChI is InChI=1S/C15H20N4O3S/c1-3-9(4-6-17-2)18-15(21)19-14-12(13(16)20)10-5-7-22-8-11(10)23-14/h3-4,6,15,18-19,21H,1,5,7-8H2,2H3,(H2,16,20)/b9-4+,17-6?. The quantitative estimate of drug-likeness (QED) is 0.337. The Bertz CT molecular complexity index is 651. The van der Waals surface area contributed by atoms with Crippen molar-refractivity contribution in [3.05, 3.63) is 40.4 Å². The molecule has 0 aromatic carbocycles. The minimum Gasteiger partial charge on any atom is -0.376 e. The fourth-order valence-corrected chi connectivity index (χ4v) is 3.46. The number of nitrogens with two attached hydrogens (primary N) is 1. The Kier molecular flexibility index (Phi) is 5.91. The summed E-state index contributed by atoms with van der Waals surface area (Å²) in [5.74, 6) is -0.517. The lowest BCUT2D eigenvalue weighted by atomic mass is 10.1. The molecule has 0 aliphatic carbocycles. The molecule has 1 unspecified atom stereocenters. The van der Waals surface area contributed by atoms with Crippen LogP contribution in [0.4, 0.5) is 5.00 Å². The summed E-state index contributed by atoms with van der Waals surface area (Å²) in [5.41, 5.74) is 7.40. The molecule has 0 radical (unpaired) electrons. The molecule has 0 saturated heterocycles. The van der Waals surface area contributed by atoms with Gasteiger partial charge in [-0.2, -0.15) is 0 Å². The zero-order valence-corrected chi connectivity index (χ0v) is 13.7. The van der Waals surface area contributed by atoms with Crippen LogP contribution >= 0.6 is 11.3 Å². The van der Waals surface area contributed by atoms with E-state index < -0.39 is 12.3 Å². The van der Waals surface area contributed by atoms with Gasteiger partial charge in [-0.15, -0.1) is 11.3 Å². The second kappa shape index (κ2) is 7.91. The van der Waals surface area contributed by atoms with E-state index in [1.165, 1.54) is 11.3 Å². The summed E-state index contributed by atoms with van der Waals surface area (Å²) in [7, 11) is 1.64. The van der Waals surface area contributed by atoms with Crippen molar-refractivity contribution in [1.29, 1.82) is 0 Å². The molecule has 2 rings (SSSR count). The number of hydrogen-bond acceptors (Lipinski definition) is 7. The third-order valence-corrected chi connectivity index (χ3v) is 4.40. The van der Waals surface area contributed by atoms with Crippen molar-refractivity contribution in [2.45, 2.75) is 19.4 Å². The van der Waals surface area contributed by atoms with E-state index in [9.17, 15) is 9.90 Å². The number of thiophene rings is 1. The van der Waals surface area contributed by atoms with E-state index >= 15 is 0 Å². The number of amides is 1. The van der Waals surface area contributed by atoms with Gasteiger partial charge in [0.25, 0.3) is 5.91 Å². The predicted octanol–water partition coefficient (Wildman–Crippen LogP) is 0.968. The largest absolute Gasteiger partial charge is 0.376 e. The van der Waals surface area contributed by atoms with Gasteiger partial charge in [-0.25, -0.2) is 0 Å². The van der Waals surface area contributed by atoms with E-state index in [0.717, 1.165) is 10.4 Å². The number of allylic oxidation sites excluding steroid dienone is 2. The summed E-state index contributed by atoms with van der Waals surface area (Å²) in [6.45, 7) is 4.67. The van der Waals surface area contributed by atoms with Crippen LogP contribution in [0.25, 0.3) is 0 Å². The number of aliphatic hydroxyl groups excluding tert-OH is 1. The van der Waals surface area contributed by atoms with E-state index in [2.05, 4.69) is 22.2 Å². The summed E-state index contributed by atoms with van der Waals surface area (Å²) in [4.78, 5) is 16.5. The molecular weight excluding hydrogens is 316 g/mol. The second-order valence-electron chi connectivity index (χ2n) is 4.80. The summed E-state index contributed by atoms with van der Waals surface area (Å²) in [6, 6.07) is 0. The molecule has 1 atom stereocenters.